The van der Waals surface area contributed by atoms with E-state index in [2.05, 4.69) is 34.7 Å². The molecule has 2 N–H and O–H groups in total. The van der Waals surface area contributed by atoms with Gasteiger partial charge in [0, 0.05) is 18.3 Å². The number of halogens is 1. The maximum absolute atomic E-state index is 12.4. The number of rotatable bonds is 5. The number of nitrogens with zero attached hydrogens (tertiary/aromatic N) is 1. The Morgan fingerprint density at radius 2 is 1.84 bits per heavy atom. The van der Waals surface area contributed by atoms with Crippen LogP contribution in [0.15, 0.2) is 66.9 Å². The Labute approximate surface area is 151 Å². The minimum atomic E-state index is -0.227. The van der Waals surface area contributed by atoms with E-state index < -0.39 is 0 Å². The fourth-order valence-corrected chi connectivity index (χ4v) is 2.60. The van der Waals surface area contributed by atoms with Gasteiger partial charge in [-0.15, -0.1) is 0 Å². The highest BCUT2D eigenvalue weighted by atomic mass is 35.5. The second kappa shape index (κ2) is 7.81. The first-order valence-corrected chi connectivity index (χ1v) is 8.31. The maximum atomic E-state index is 12.4. The van der Waals surface area contributed by atoms with Crippen LogP contribution in [0.4, 0.5) is 11.5 Å². The molecule has 0 bridgehead atoms. The van der Waals surface area contributed by atoms with Gasteiger partial charge in [0.2, 0.25) is 0 Å². The highest BCUT2D eigenvalue weighted by Crippen LogP contribution is 2.21. The lowest BCUT2D eigenvalue weighted by Gasteiger charge is -2.10. The minimum absolute atomic E-state index is 0.227. The summed E-state index contributed by atoms with van der Waals surface area (Å²) in [5.74, 6) is 0.421. The Hall–Kier alpha value is -2.85. The highest BCUT2D eigenvalue weighted by Gasteiger charge is 2.09. The lowest BCUT2D eigenvalue weighted by Crippen LogP contribution is -2.13. The summed E-state index contributed by atoms with van der Waals surface area (Å²) in [7, 11) is 0. The van der Waals surface area contributed by atoms with Gasteiger partial charge in [-0.25, -0.2) is 4.98 Å². The number of para-hydroxylation sites is 1. The molecule has 3 aromatic rings. The third kappa shape index (κ3) is 4.37. The third-order valence-corrected chi connectivity index (χ3v) is 4.19. The first-order valence-electron chi connectivity index (χ1n) is 7.94. The van der Waals surface area contributed by atoms with Crippen LogP contribution in [0.3, 0.4) is 0 Å². The predicted octanol–water partition coefficient (Wildman–Crippen LogP) is 4.91. The zero-order valence-electron chi connectivity index (χ0n) is 13.8. The van der Waals surface area contributed by atoms with Crippen LogP contribution in [0, 0.1) is 6.92 Å². The number of aryl methyl sites for hydroxylation is 1. The van der Waals surface area contributed by atoms with Gasteiger partial charge in [-0.2, -0.15) is 0 Å². The number of pyridine rings is 1. The molecule has 1 heterocycles. The van der Waals surface area contributed by atoms with E-state index >= 15 is 0 Å². The molecule has 3 rings (SSSR count). The number of hydrogen-bond donors (Lipinski definition) is 2. The Morgan fingerprint density at radius 1 is 1.08 bits per heavy atom. The van der Waals surface area contributed by atoms with Crippen LogP contribution in [0.2, 0.25) is 5.02 Å². The first kappa shape index (κ1) is 17.0. The van der Waals surface area contributed by atoms with Crippen molar-refractivity contribution < 1.29 is 4.79 Å². The predicted molar refractivity (Wildman–Crippen MR) is 102 cm³/mol. The number of nitrogens with one attached hydrogen (secondary N) is 2. The Balaban J connectivity index is 1.70. The number of benzene rings is 2. The molecule has 1 amide bonds. The molecule has 4 nitrogen and oxygen atoms in total. The largest absolute Gasteiger partial charge is 0.366 e. The zero-order valence-corrected chi connectivity index (χ0v) is 14.5. The van der Waals surface area contributed by atoms with Crippen LogP contribution in [0.5, 0.6) is 0 Å². The molecule has 1 aromatic heterocycles. The van der Waals surface area contributed by atoms with Gasteiger partial charge in [-0.1, -0.05) is 48.0 Å². The van der Waals surface area contributed by atoms with Crippen molar-refractivity contribution in [3.05, 3.63) is 88.6 Å². The van der Waals surface area contributed by atoms with Crippen molar-refractivity contribution in [2.24, 2.45) is 0 Å². The number of anilines is 2. The van der Waals surface area contributed by atoms with Gasteiger partial charge in [0.15, 0.2) is 0 Å². The van der Waals surface area contributed by atoms with Crippen molar-refractivity contribution in [1.82, 2.24) is 4.98 Å². The van der Waals surface area contributed by atoms with Gasteiger partial charge in [0.1, 0.15) is 5.82 Å². The SMILES string of the molecule is Cc1ccccc1CNc1cc(C(=O)Nc2ccccc2Cl)ccn1. The fraction of sp³-hybridized carbons (Fsp3) is 0.100. The first-order chi connectivity index (χ1) is 12.1. The lowest BCUT2D eigenvalue weighted by molar-refractivity contribution is 0.102. The molecule has 25 heavy (non-hydrogen) atoms. The van der Waals surface area contributed by atoms with E-state index in [1.807, 2.05) is 24.3 Å². The summed E-state index contributed by atoms with van der Waals surface area (Å²) >= 11 is 6.08. The van der Waals surface area contributed by atoms with Crippen molar-refractivity contribution in [1.29, 1.82) is 0 Å². The molecule has 0 saturated heterocycles. The van der Waals surface area contributed by atoms with E-state index in [-0.39, 0.29) is 5.91 Å². The van der Waals surface area contributed by atoms with Crippen molar-refractivity contribution in [3.63, 3.8) is 0 Å². The average molecular weight is 352 g/mol. The van der Waals surface area contributed by atoms with Crippen LogP contribution in [-0.4, -0.2) is 10.9 Å². The maximum Gasteiger partial charge on any atom is 0.255 e. The van der Waals surface area contributed by atoms with Crippen LogP contribution in [-0.2, 0) is 6.54 Å². The topological polar surface area (TPSA) is 54.0 Å². The average Bonchev–Trinajstić information content (AvgIpc) is 2.63. The molecule has 0 aliphatic rings. The second-order valence-corrected chi connectivity index (χ2v) is 6.05. The molecule has 0 aliphatic carbocycles. The molecule has 0 saturated carbocycles. The zero-order chi connectivity index (χ0) is 17.6. The van der Waals surface area contributed by atoms with Crippen molar-refractivity contribution in [2.45, 2.75) is 13.5 Å². The molecule has 0 unspecified atom stereocenters. The molecule has 0 radical (unpaired) electrons. The Bertz CT molecular complexity index is 895. The van der Waals surface area contributed by atoms with Gasteiger partial charge >= 0.3 is 0 Å². The standard InChI is InChI=1S/C20H18ClN3O/c1-14-6-2-3-7-16(14)13-23-19-12-15(10-11-22-19)20(25)24-18-9-5-4-8-17(18)21/h2-12H,13H2,1H3,(H,22,23)(H,24,25). The number of aromatic nitrogens is 1. The van der Waals surface area contributed by atoms with Gasteiger partial charge < -0.3 is 10.6 Å². The molecule has 0 fully saturated rings. The summed E-state index contributed by atoms with van der Waals surface area (Å²) in [6, 6.07) is 18.7. The summed E-state index contributed by atoms with van der Waals surface area (Å²) < 4.78 is 0. The van der Waals surface area contributed by atoms with Crippen molar-refractivity contribution >= 4 is 29.0 Å². The Kier molecular flexibility index (Phi) is 5.31. The van der Waals surface area contributed by atoms with Crippen LogP contribution in [0.25, 0.3) is 0 Å². The van der Waals surface area contributed by atoms with Crippen LogP contribution < -0.4 is 10.6 Å². The summed E-state index contributed by atoms with van der Waals surface area (Å²) in [6.07, 6.45) is 1.61. The van der Waals surface area contributed by atoms with Crippen LogP contribution in [0.1, 0.15) is 21.5 Å². The summed E-state index contributed by atoms with van der Waals surface area (Å²) in [5, 5.41) is 6.57. The fourth-order valence-electron chi connectivity index (χ4n) is 2.42. The van der Waals surface area contributed by atoms with Gasteiger partial charge in [0.05, 0.1) is 10.7 Å². The minimum Gasteiger partial charge on any atom is -0.366 e. The second-order valence-electron chi connectivity index (χ2n) is 5.64. The van der Waals surface area contributed by atoms with E-state index in [0.717, 1.165) is 0 Å². The molecular weight excluding hydrogens is 334 g/mol. The van der Waals surface area contributed by atoms with Gasteiger partial charge in [-0.05, 0) is 42.3 Å². The molecular formula is C20H18ClN3O. The van der Waals surface area contributed by atoms with Crippen molar-refractivity contribution in [2.75, 3.05) is 10.6 Å². The quantitative estimate of drug-likeness (QED) is 0.686. The monoisotopic (exact) mass is 351 g/mol. The number of carbonyl (C=O) groups excluding carboxylic acids is 1. The molecule has 0 spiro atoms. The van der Waals surface area contributed by atoms with E-state index in [1.165, 1.54) is 11.1 Å². The van der Waals surface area contributed by atoms with E-state index in [0.29, 0.717) is 28.6 Å². The van der Waals surface area contributed by atoms with Crippen molar-refractivity contribution in [3.8, 4) is 0 Å². The Morgan fingerprint density at radius 3 is 2.64 bits per heavy atom. The van der Waals surface area contributed by atoms with Gasteiger partial charge in [0.25, 0.3) is 5.91 Å². The molecule has 0 aliphatic heterocycles. The summed E-state index contributed by atoms with van der Waals surface area (Å²) in [5.41, 5.74) is 3.50. The highest BCUT2D eigenvalue weighted by molar-refractivity contribution is 6.33. The normalized spacial score (nSPS) is 10.3. The number of hydrogen-bond acceptors (Lipinski definition) is 3. The number of amides is 1. The van der Waals surface area contributed by atoms with E-state index in [1.54, 1.807) is 30.5 Å². The van der Waals surface area contributed by atoms with Crippen LogP contribution >= 0.6 is 11.6 Å². The molecule has 0 atom stereocenters. The molecule has 5 heteroatoms. The third-order valence-electron chi connectivity index (χ3n) is 3.87. The number of carbonyl (C=O) groups is 1. The molecule has 126 valence electrons. The van der Waals surface area contributed by atoms with E-state index in [4.69, 9.17) is 11.6 Å². The lowest BCUT2D eigenvalue weighted by atomic mass is 10.1. The molecule has 2 aromatic carbocycles. The van der Waals surface area contributed by atoms with Gasteiger partial charge in [-0.3, -0.25) is 4.79 Å². The summed E-state index contributed by atoms with van der Waals surface area (Å²) in [4.78, 5) is 16.7. The smallest absolute Gasteiger partial charge is 0.255 e. The summed E-state index contributed by atoms with van der Waals surface area (Å²) in [6.45, 7) is 2.72. The van der Waals surface area contributed by atoms with E-state index in [9.17, 15) is 4.79 Å².